The third-order valence-electron chi connectivity index (χ3n) is 3.15. The Labute approximate surface area is 131 Å². The average molecular weight is 299 g/mol. The smallest absolute Gasteiger partial charge is 0.258 e. The summed E-state index contributed by atoms with van der Waals surface area (Å²) in [4.78, 5) is 11.9. The fourth-order valence-electron chi connectivity index (χ4n) is 2.20. The summed E-state index contributed by atoms with van der Waals surface area (Å²) in [6.07, 6.45) is 0. The van der Waals surface area contributed by atoms with Crippen LogP contribution in [0.4, 0.5) is 0 Å². The number of carbonyl (C=O) groups excluding carboxylic acids is 1. The highest BCUT2D eigenvalue weighted by Crippen LogP contribution is 2.29. The number of methoxy groups -OCH3 is 1. The fourth-order valence-corrected chi connectivity index (χ4v) is 2.20. The molecule has 22 heavy (non-hydrogen) atoms. The van der Waals surface area contributed by atoms with Crippen molar-refractivity contribution in [1.29, 1.82) is 0 Å². The fraction of sp³-hybridized carbons (Fsp3) is 0.278. The van der Waals surface area contributed by atoms with Gasteiger partial charge < -0.3 is 14.8 Å². The van der Waals surface area contributed by atoms with E-state index in [4.69, 9.17) is 9.47 Å². The first-order valence-electron chi connectivity index (χ1n) is 7.26. The van der Waals surface area contributed by atoms with Crippen LogP contribution in [0.15, 0.2) is 54.6 Å². The van der Waals surface area contributed by atoms with Crippen molar-refractivity contribution in [2.75, 3.05) is 20.3 Å². The van der Waals surface area contributed by atoms with E-state index in [0.717, 1.165) is 11.1 Å². The van der Waals surface area contributed by atoms with Crippen LogP contribution in [-0.4, -0.2) is 32.3 Å². The Hall–Kier alpha value is -2.33. The molecule has 0 heterocycles. The van der Waals surface area contributed by atoms with Crippen molar-refractivity contribution in [3.63, 3.8) is 0 Å². The van der Waals surface area contributed by atoms with Gasteiger partial charge in [-0.05, 0) is 18.6 Å². The number of ether oxygens (including phenoxy) is 2. The number of carbonyl (C=O) groups is 1. The number of nitrogens with one attached hydrogen (secondary N) is 1. The van der Waals surface area contributed by atoms with E-state index in [9.17, 15) is 4.79 Å². The van der Waals surface area contributed by atoms with Crippen LogP contribution in [0.3, 0.4) is 0 Å². The largest absolute Gasteiger partial charge is 0.483 e. The van der Waals surface area contributed by atoms with Crippen LogP contribution < -0.4 is 10.1 Å². The van der Waals surface area contributed by atoms with Crippen molar-refractivity contribution in [3.05, 3.63) is 54.6 Å². The van der Waals surface area contributed by atoms with Crippen LogP contribution in [0.1, 0.15) is 6.92 Å². The summed E-state index contributed by atoms with van der Waals surface area (Å²) in [6.45, 7) is 2.35. The highest BCUT2D eigenvalue weighted by atomic mass is 16.5. The maximum absolute atomic E-state index is 11.9. The molecule has 0 aliphatic heterocycles. The summed E-state index contributed by atoms with van der Waals surface area (Å²) in [5.74, 6) is 0.538. The Morgan fingerprint density at radius 1 is 1.09 bits per heavy atom. The van der Waals surface area contributed by atoms with E-state index >= 15 is 0 Å². The monoisotopic (exact) mass is 299 g/mol. The molecule has 2 rings (SSSR count). The molecule has 1 atom stereocenters. The van der Waals surface area contributed by atoms with E-state index in [1.165, 1.54) is 0 Å². The minimum atomic E-state index is -0.160. The van der Waals surface area contributed by atoms with Gasteiger partial charge in [-0.3, -0.25) is 4.79 Å². The quantitative estimate of drug-likeness (QED) is 0.855. The van der Waals surface area contributed by atoms with Gasteiger partial charge in [-0.1, -0.05) is 48.5 Å². The molecule has 1 amide bonds. The highest BCUT2D eigenvalue weighted by Gasteiger charge is 2.10. The van der Waals surface area contributed by atoms with Crippen molar-refractivity contribution in [3.8, 4) is 16.9 Å². The average Bonchev–Trinajstić information content (AvgIpc) is 2.54. The Morgan fingerprint density at radius 3 is 2.50 bits per heavy atom. The van der Waals surface area contributed by atoms with E-state index in [1.807, 2.05) is 61.5 Å². The van der Waals surface area contributed by atoms with Gasteiger partial charge >= 0.3 is 0 Å². The molecule has 0 bridgehead atoms. The van der Waals surface area contributed by atoms with Crippen molar-refractivity contribution >= 4 is 5.91 Å². The topological polar surface area (TPSA) is 47.6 Å². The Kier molecular flexibility index (Phi) is 5.98. The minimum Gasteiger partial charge on any atom is -0.483 e. The second-order valence-electron chi connectivity index (χ2n) is 5.07. The summed E-state index contributed by atoms with van der Waals surface area (Å²) in [7, 11) is 1.61. The lowest BCUT2D eigenvalue weighted by molar-refractivity contribution is -0.124. The summed E-state index contributed by atoms with van der Waals surface area (Å²) >= 11 is 0. The molecule has 0 aromatic heterocycles. The van der Waals surface area contributed by atoms with Gasteiger partial charge in [0.1, 0.15) is 5.75 Å². The van der Waals surface area contributed by atoms with Crippen molar-refractivity contribution in [2.24, 2.45) is 0 Å². The SMILES string of the molecule is COC[C@@H](C)NC(=O)COc1ccccc1-c1ccccc1. The molecule has 2 aromatic carbocycles. The number of amides is 1. The molecule has 0 fully saturated rings. The van der Waals surface area contributed by atoms with Gasteiger partial charge in [0.2, 0.25) is 0 Å². The first-order valence-corrected chi connectivity index (χ1v) is 7.26. The molecule has 4 heteroatoms. The zero-order chi connectivity index (χ0) is 15.8. The molecule has 4 nitrogen and oxygen atoms in total. The molecule has 0 spiro atoms. The maximum atomic E-state index is 11.9. The van der Waals surface area contributed by atoms with Gasteiger partial charge in [-0.25, -0.2) is 0 Å². The molecule has 1 N–H and O–H groups in total. The number of hydrogen-bond acceptors (Lipinski definition) is 3. The van der Waals surface area contributed by atoms with Crippen LogP contribution in [0.5, 0.6) is 5.75 Å². The molecule has 0 saturated carbocycles. The lowest BCUT2D eigenvalue weighted by Gasteiger charge is -2.14. The summed E-state index contributed by atoms with van der Waals surface area (Å²) in [5, 5.41) is 2.82. The van der Waals surface area contributed by atoms with Gasteiger partial charge in [0.25, 0.3) is 5.91 Å². The van der Waals surface area contributed by atoms with Crippen LogP contribution in [0.25, 0.3) is 11.1 Å². The molecule has 116 valence electrons. The third-order valence-corrected chi connectivity index (χ3v) is 3.15. The minimum absolute atomic E-state index is 0.0160. The molecular weight excluding hydrogens is 278 g/mol. The van der Waals surface area contributed by atoms with Crippen molar-refractivity contribution < 1.29 is 14.3 Å². The molecule has 0 aliphatic carbocycles. The number of benzene rings is 2. The molecule has 0 saturated heterocycles. The number of rotatable bonds is 7. The van der Waals surface area contributed by atoms with Gasteiger partial charge in [-0.2, -0.15) is 0 Å². The van der Waals surface area contributed by atoms with Crippen LogP contribution in [0.2, 0.25) is 0 Å². The predicted octanol–water partition coefficient (Wildman–Crippen LogP) is 2.88. The Morgan fingerprint density at radius 2 is 1.77 bits per heavy atom. The zero-order valence-corrected chi connectivity index (χ0v) is 12.9. The first-order chi connectivity index (χ1) is 10.7. The van der Waals surface area contributed by atoms with Crippen LogP contribution in [-0.2, 0) is 9.53 Å². The lowest BCUT2D eigenvalue weighted by atomic mass is 10.1. The highest BCUT2D eigenvalue weighted by molar-refractivity contribution is 5.78. The molecule has 0 unspecified atom stereocenters. The lowest BCUT2D eigenvalue weighted by Crippen LogP contribution is -2.38. The standard InChI is InChI=1S/C18H21NO3/c1-14(12-21-2)19-18(20)13-22-17-11-7-6-10-16(17)15-8-4-3-5-9-15/h3-11,14H,12-13H2,1-2H3,(H,19,20)/t14-/m1/s1. The molecule has 0 radical (unpaired) electrons. The van der Waals surface area contributed by atoms with Gasteiger partial charge in [-0.15, -0.1) is 0 Å². The summed E-state index contributed by atoms with van der Waals surface area (Å²) < 4.78 is 10.7. The van der Waals surface area contributed by atoms with Gasteiger partial charge in [0.05, 0.1) is 6.61 Å². The van der Waals surface area contributed by atoms with E-state index in [0.29, 0.717) is 12.4 Å². The van der Waals surface area contributed by atoms with E-state index in [-0.39, 0.29) is 18.6 Å². The number of para-hydroxylation sites is 1. The normalized spacial score (nSPS) is 11.7. The van der Waals surface area contributed by atoms with Crippen molar-refractivity contribution in [1.82, 2.24) is 5.32 Å². The van der Waals surface area contributed by atoms with Gasteiger partial charge in [0.15, 0.2) is 6.61 Å². The Bertz CT molecular complexity index is 598. The van der Waals surface area contributed by atoms with Gasteiger partial charge in [0, 0.05) is 18.7 Å². The van der Waals surface area contributed by atoms with E-state index in [1.54, 1.807) is 7.11 Å². The maximum Gasteiger partial charge on any atom is 0.258 e. The zero-order valence-electron chi connectivity index (χ0n) is 12.9. The third kappa shape index (κ3) is 4.60. The molecule has 0 aliphatic rings. The molecule has 2 aromatic rings. The van der Waals surface area contributed by atoms with E-state index < -0.39 is 0 Å². The summed E-state index contributed by atoms with van der Waals surface area (Å²) in [5.41, 5.74) is 2.03. The second-order valence-corrected chi connectivity index (χ2v) is 5.07. The van der Waals surface area contributed by atoms with Crippen molar-refractivity contribution in [2.45, 2.75) is 13.0 Å². The second kappa shape index (κ2) is 8.20. The Balaban J connectivity index is 2.00. The summed E-state index contributed by atoms with van der Waals surface area (Å²) in [6, 6.07) is 17.6. The van der Waals surface area contributed by atoms with E-state index in [2.05, 4.69) is 5.32 Å². The molecular formula is C18H21NO3. The number of hydrogen-bond donors (Lipinski definition) is 1. The first kappa shape index (κ1) is 16.0. The predicted molar refractivity (Wildman–Crippen MR) is 86.9 cm³/mol. The van der Waals surface area contributed by atoms with Crippen LogP contribution in [0, 0.1) is 0 Å². The van der Waals surface area contributed by atoms with Crippen LogP contribution >= 0.6 is 0 Å².